The Morgan fingerprint density at radius 2 is 2.14 bits per heavy atom. The molecule has 0 saturated carbocycles. The third-order valence-electron chi connectivity index (χ3n) is 2.75. The molecule has 21 heavy (non-hydrogen) atoms. The van der Waals surface area contributed by atoms with Crippen molar-refractivity contribution in [1.29, 1.82) is 0 Å². The van der Waals surface area contributed by atoms with Crippen LogP contribution in [0.2, 0.25) is 0 Å². The molecule has 0 bridgehead atoms. The summed E-state index contributed by atoms with van der Waals surface area (Å²) in [6.45, 7) is 3.25. The minimum Gasteiger partial charge on any atom is -0.468 e. The first-order chi connectivity index (χ1) is 9.81. The Hall–Kier alpha value is -2.04. The molecule has 7 heteroatoms. The lowest BCUT2D eigenvalue weighted by Gasteiger charge is -2.14. The van der Waals surface area contributed by atoms with Crippen LogP contribution in [-0.4, -0.2) is 33.3 Å². The smallest absolute Gasteiger partial charge is 0.325 e. The SMILES string of the molecule is COC(=O)C(C)S(=O)(=O)Nc1cc(C)ccc1C#CCN. The molecular formula is C14H18N2O4S. The fourth-order valence-electron chi connectivity index (χ4n) is 1.53. The van der Waals surface area contributed by atoms with Crippen LogP contribution in [0.15, 0.2) is 18.2 Å². The van der Waals surface area contributed by atoms with E-state index >= 15 is 0 Å². The van der Waals surface area contributed by atoms with Gasteiger partial charge in [-0.3, -0.25) is 9.52 Å². The maximum Gasteiger partial charge on any atom is 0.325 e. The summed E-state index contributed by atoms with van der Waals surface area (Å²) < 4.78 is 31.1. The van der Waals surface area contributed by atoms with Crippen LogP contribution in [0.4, 0.5) is 5.69 Å². The molecule has 0 aromatic heterocycles. The van der Waals surface area contributed by atoms with E-state index in [9.17, 15) is 13.2 Å². The van der Waals surface area contributed by atoms with Gasteiger partial charge in [-0.2, -0.15) is 0 Å². The van der Waals surface area contributed by atoms with E-state index in [4.69, 9.17) is 5.73 Å². The van der Waals surface area contributed by atoms with Crippen molar-refractivity contribution in [3.63, 3.8) is 0 Å². The Morgan fingerprint density at radius 1 is 1.48 bits per heavy atom. The summed E-state index contributed by atoms with van der Waals surface area (Å²) in [5.74, 6) is 4.62. The molecule has 0 aliphatic rings. The van der Waals surface area contributed by atoms with Gasteiger partial charge in [-0.05, 0) is 31.5 Å². The summed E-state index contributed by atoms with van der Waals surface area (Å²) in [5, 5.41) is -1.32. The summed E-state index contributed by atoms with van der Waals surface area (Å²) in [7, 11) is -2.77. The molecule has 0 heterocycles. The van der Waals surface area contributed by atoms with Crippen molar-refractivity contribution in [2.75, 3.05) is 18.4 Å². The fourth-order valence-corrected chi connectivity index (χ4v) is 2.53. The normalized spacial score (nSPS) is 12.0. The van der Waals surface area contributed by atoms with E-state index in [1.165, 1.54) is 6.92 Å². The van der Waals surface area contributed by atoms with Gasteiger partial charge in [-0.25, -0.2) is 8.42 Å². The maximum absolute atomic E-state index is 12.2. The molecule has 1 unspecified atom stereocenters. The van der Waals surface area contributed by atoms with Gasteiger partial charge in [0.2, 0.25) is 10.0 Å². The molecule has 1 rings (SSSR count). The zero-order chi connectivity index (χ0) is 16.0. The molecule has 1 atom stereocenters. The van der Waals surface area contributed by atoms with Gasteiger partial charge in [0.05, 0.1) is 19.3 Å². The largest absolute Gasteiger partial charge is 0.468 e. The topological polar surface area (TPSA) is 98.5 Å². The van der Waals surface area contributed by atoms with Crippen LogP contribution in [0.25, 0.3) is 0 Å². The number of ether oxygens (including phenoxy) is 1. The molecular weight excluding hydrogens is 292 g/mol. The van der Waals surface area contributed by atoms with E-state index < -0.39 is 21.2 Å². The van der Waals surface area contributed by atoms with Crippen molar-refractivity contribution in [2.24, 2.45) is 5.73 Å². The standard InChI is InChI=1S/C14H18N2O4S/c1-10-6-7-12(5-4-8-15)13(9-10)16-21(18,19)11(2)14(17)20-3/h6-7,9,11,16H,8,15H2,1-3H3. The number of rotatable bonds is 4. The minimum absolute atomic E-state index is 0.165. The average Bonchev–Trinajstić information content (AvgIpc) is 2.44. The lowest BCUT2D eigenvalue weighted by molar-refractivity contribution is -0.139. The molecule has 1 aromatic carbocycles. The van der Waals surface area contributed by atoms with Gasteiger partial charge >= 0.3 is 5.97 Å². The van der Waals surface area contributed by atoms with Crippen molar-refractivity contribution < 1.29 is 17.9 Å². The number of carbonyl (C=O) groups excluding carboxylic acids is 1. The quantitative estimate of drug-likeness (QED) is 0.627. The highest BCUT2D eigenvalue weighted by Gasteiger charge is 2.29. The van der Waals surface area contributed by atoms with Crippen LogP contribution < -0.4 is 10.5 Å². The number of benzene rings is 1. The van der Waals surface area contributed by atoms with E-state index in [-0.39, 0.29) is 6.54 Å². The van der Waals surface area contributed by atoms with Crippen molar-refractivity contribution in [2.45, 2.75) is 19.1 Å². The summed E-state index contributed by atoms with van der Waals surface area (Å²) in [6.07, 6.45) is 0. The molecule has 0 saturated heterocycles. The predicted molar refractivity (Wildman–Crippen MR) is 81.1 cm³/mol. The van der Waals surface area contributed by atoms with Crippen molar-refractivity contribution in [1.82, 2.24) is 0 Å². The zero-order valence-electron chi connectivity index (χ0n) is 12.1. The Bertz CT molecular complexity index is 687. The first-order valence-electron chi connectivity index (χ1n) is 6.21. The second kappa shape index (κ2) is 7.11. The van der Waals surface area contributed by atoms with Crippen LogP contribution in [0.1, 0.15) is 18.1 Å². The van der Waals surface area contributed by atoms with Gasteiger partial charge < -0.3 is 10.5 Å². The van der Waals surface area contributed by atoms with E-state index in [1.807, 2.05) is 13.0 Å². The van der Waals surface area contributed by atoms with Crippen LogP contribution in [0.3, 0.4) is 0 Å². The van der Waals surface area contributed by atoms with Crippen molar-refractivity contribution >= 4 is 21.7 Å². The van der Waals surface area contributed by atoms with Crippen molar-refractivity contribution in [3.05, 3.63) is 29.3 Å². The van der Waals surface area contributed by atoms with E-state index in [2.05, 4.69) is 21.3 Å². The first kappa shape index (κ1) is 17.0. The number of anilines is 1. The number of methoxy groups -OCH3 is 1. The Kier molecular flexibility index (Phi) is 5.76. The summed E-state index contributed by atoms with van der Waals surface area (Å²) in [5.41, 5.74) is 6.98. The van der Waals surface area contributed by atoms with E-state index in [0.29, 0.717) is 11.3 Å². The number of nitrogens with two attached hydrogens (primary N) is 1. The summed E-state index contributed by atoms with van der Waals surface area (Å²) >= 11 is 0. The van der Waals surface area contributed by atoms with Gasteiger partial charge in [0.25, 0.3) is 0 Å². The second-order valence-electron chi connectivity index (χ2n) is 4.37. The fraction of sp³-hybridized carbons (Fsp3) is 0.357. The molecule has 0 amide bonds. The third-order valence-corrected chi connectivity index (χ3v) is 4.38. The predicted octanol–water partition coefficient (Wildman–Crippen LogP) is 0.608. The van der Waals surface area contributed by atoms with Gasteiger partial charge in [0, 0.05) is 5.56 Å². The molecule has 114 valence electrons. The number of aryl methyl sites for hydroxylation is 1. The average molecular weight is 310 g/mol. The third kappa shape index (κ3) is 4.48. The molecule has 6 nitrogen and oxygen atoms in total. The lowest BCUT2D eigenvalue weighted by Crippen LogP contribution is -2.33. The summed E-state index contributed by atoms with van der Waals surface area (Å²) in [4.78, 5) is 11.4. The van der Waals surface area contributed by atoms with E-state index in [1.54, 1.807) is 12.1 Å². The second-order valence-corrected chi connectivity index (χ2v) is 6.37. The number of esters is 1. The molecule has 0 radical (unpaired) electrons. The number of hydrogen-bond acceptors (Lipinski definition) is 5. The molecule has 0 spiro atoms. The maximum atomic E-state index is 12.2. The zero-order valence-corrected chi connectivity index (χ0v) is 13.0. The number of nitrogens with one attached hydrogen (secondary N) is 1. The molecule has 1 aromatic rings. The number of hydrogen-bond donors (Lipinski definition) is 2. The first-order valence-corrected chi connectivity index (χ1v) is 7.75. The minimum atomic E-state index is -3.91. The van der Waals surface area contributed by atoms with Gasteiger partial charge in [-0.1, -0.05) is 17.9 Å². The molecule has 3 N–H and O–H groups in total. The van der Waals surface area contributed by atoms with E-state index in [0.717, 1.165) is 12.7 Å². The van der Waals surface area contributed by atoms with Crippen LogP contribution in [-0.2, 0) is 19.6 Å². The number of sulfonamides is 1. The van der Waals surface area contributed by atoms with Crippen LogP contribution >= 0.6 is 0 Å². The van der Waals surface area contributed by atoms with Crippen LogP contribution in [0, 0.1) is 18.8 Å². The highest BCUT2D eigenvalue weighted by atomic mass is 32.2. The lowest BCUT2D eigenvalue weighted by atomic mass is 10.1. The van der Waals surface area contributed by atoms with Crippen molar-refractivity contribution in [3.8, 4) is 11.8 Å². The Morgan fingerprint density at radius 3 is 2.71 bits per heavy atom. The number of carbonyl (C=O) groups is 1. The van der Waals surface area contributed by atoms with Gasteiger partial charge in [0.15, 0.2) is 5.25 Å². The van der Waals surface area contributed by atoms with Gasteiger partial charge in [0.1, 0.15) is 0 Å². The van der Waals surface area contributed by atoms with Crippen LogP contribution in [0.5, 0.6) is 0 Å². The highest BCUT2D eigenvalue weighted by molar-refractivity contribution is 7.94. The molecule has 0 fully saturated rings. The Labute approximate surface area is 124 Å². The Balaban J connectivity index is 3.17. The summed E-state index contributed by atoms with van der Waals surface area (Å²) in [6, 6.07) is 5.14. The van der Waals surface area contributed by atoms with Gasteiger partial charge in [-0.15, -0.1) is 0 Å². The molecule has 0 aliphatic heterocycles. The highest BCUT2D eigenvalue weighted by Crippen LogP contribution is 2.19. The monoisotopic (exact) mass is 310 g/mol. The molecule has 0 aliphatic carbocycles.